The Labute approximate surface area is 140 Å². The lowest BCUT2D eigenvalue weighted by molar-refractivity contribution is -0.684. The summed E-state index contributed by atoms with van der Waals surface area (Å²) in [5.41, 5.74) is 3.40. The van der Waals surface area contributed by atoms with Crippen molar-refractivity contribution in [1.29, 1.82) is 0 Å². The predicted octanol–water partition coefficient (Wildman–Crippen LogP) is -0.640. The third-order valence-electron chi connectivity index (χ3n) is 2.58. The van der Waals surface area contributed by atoms with Crippen LogP contribution in [0.5, 0.6) is 0 Å². The van der Waals surface area contributed by atoms with E-state index in [9.17, 15) is 4.79 Å². The van der Waals surface area contributed by atoms with Crippen LogP contribution in [-0.2, 0) is 11.3 Å². The number of amides is 1. The molecule has 0 bridgehead atoms. The highest BCUT2D eigenvalue weighted by Crippen LogP contribution is 2.07. The van der Waals surface area contributed by atoms with Crippen molar-refractivity contribution in [1.82, 2.24) is 5.43 Å². The van der Waals surface area contributed by atoms with Crippen LogP contribution in [0.2, 0.25) is 0 Å². The van der Waals surface area contributed by atoms with E-state index in [1.165, 1.54) is 6.21 Å². The smallest absolute Gasteiger partial charge is 0.305 e. The molecule has 114 valence electrons. The van der Waals surface area contributed by atoms with E-state index in [1.807, 2.05) is 60.9 Å². The third-order valence-corrected chi connectivity index (χ3v) is 2.79. The summed E-state index contributed by atoms with van der Waals surface area (Å²) in [7, 11) is 0. The number of rotatable bonds is 5. The molecule has 2 rings (SSSR count). The molecule has 6 heteroatoms. The van der Waals surface area contributed by atoms with Crippen LogP contribution < -0.4 is 22.4 Å². The van der Waals surface area contributed by atoms with Crippen molar-refractivity contribution in [2.24, 2.45) is 5.10 Å². The second kappa shape index (κ2) is 9.71. The fourth-order valence-electron chi connectivity index (χ4n) is 1.65. The molecule has 1 aromatic carbocycles. The monoisotopic (exact) mass is 335 g/mol. The largest absolute Gasteiger partial charge is 1.00 e. The normalized spacial score (nSPS) is 11.0. The van der Waals surface area contributed by atoms with Crippen LogP contribution in [0.3, 0.4) is 0 Å². The Morgan fingerprint density at radius 2 is 1.77 bits per heavy atom. The molecule has 1 amide bonds. The first-order valence-corrected chi connectivity index (χ1v) is 6.80. The minimum Gasteiger partial charge on any atom is -1.00 e. The maximum atomic E-state index is 11.6. The number of carbonyl (C=O) groups is 1. The second-order valence-electron chi connectivity index (χ2n) is 4.28. The number of halogens is 2. The number of hydrazone groups is 1. The molecule has 0 saturated carbocycles. The standard InChI is InChI=1S/C16H14ClN3O.ClH/c17-15(11-14-7-3-1-4-8-14)12-18-19-16(21)13-20-9-5-2-6-10-20;/h1-12H,13H2;1H. The van der Waals surface area contributed by atoms with Crippen LogP contribution in [0.15, 0.2) is 71.1 Å². The van der Waals surface area contributed by atoms with E-state index < -0.39 is 0 Å². The van der Waals surface area contributed by atoms with Crippen molar-refractivity contribution in [2.75, 3.05) is 0 Å². The summed E-state index contributed by atoms with van der Waals surface area (Å²) in [6, 6.07) is 15.2. The first-order chi connectivity index (χ1) is 10.2. The van der Waals surface area contributed by atoms with Crippen molar-refractivity contribution < 1.29 is 21.8 Å². The van der Waals surface area contributed by atoms with Gasteiger partial charge in [-0.1, -0.05) is 48.0 Å². The van der Waals surface area contributed by atoms with Gasteiger partial charge >= 0.3 is 5.91 Å². The van der Waals surface area contributed by atoms with E-state index in [2.05, 4.69) is 10.5 Å². The fourth-order valence-corrected chi connectivity index (χ4v) is 1.83. The van der Waals surface area contributed by atoms with Crippen LogP contribution in [0.25, 0.3) is 6.08 Å². The van der Waals surface area contributed by atoms with Gasteiger partial charge in [-0.3, -0.25) is 4.79 Å². The van der Waals surface area contributed by atoms with Crippen LogP contribution >= 0.6 is 11.6 Å². The molecular weight excluding hydrogens is 321 g/mol. The Hall–Kier alpha value is -2.17. The minimum absolute atomic E-state index is 0. The molecule has 0 unspecified atom stereocenters. The van der Waals surface area contributed by atoms with Crippen molar-refractivity contribution >= 4 is 29.8 Å². The number of nitrogens with one attached hydrogen (secondary N) is 1. The van der Waals surface area contributed by atoms with Gasteiger partial charge in [0, 0.05) is 12.1 Å². The van der Waals surface area contributed by atoms with Crippen LogP contribution in [-0.4, -0.2) is 12.1 Å². The van der Waals surface area contributed by atoms with Gasteiger partial charge in [-0.2, -0.15) is 9.67 Å². The number of allylic oxidation sites excluding steroid dienone is 1. The number of pyridine rings is 1. The van der Waals surface area contributed by atoms with E-state index in [-0.39, 0.29) is 24.9 Å². The van der Waals surface area contributed by atoms with Gasteiger partial charge in [-0.05, 0) is 11.6 Å². The van der Waals surface area contributed by atoms with Crippen LogP contribution in [0, 0.1) is 0 Å². The highest BCUT2D eigenvalue weighted by Gasteiger charge is 2.06. The zero-order valence-corrected chi connectivity index (χ0v) is 13.2. The summed E-state index contributed by atoms with van der Waals surface area (Å²) in [4.78, 5) is 11.6. The SMILES string of the molecule is O=C(C[n+]1ccccc1)NN=CC(Cl)=Cc1ccccc1.[Cl-]. The zero-order chi connectivity index (χ0) is 14.9. The molecule has 0 fully saturated rings. The Bertz CT molecular complexity index is 643. The maximum Gasteiger partial charge on any atom is 0.305 e. The van der Waals surface area contributed by atoms with Gasteiger partial charge in [-0.15, -0.1) is 0 Å². The quantitative estimate of drug-likeness (QED) is 0.441. The topological polar surface area (TPSA) is 45.3 Å². The van der Waals surface area contributed by atoms with Crippen LogP contribution in [0.1, 0.15) is 5.56 Å². The van der Waals surface area contributed by atoms with Gasteiger partial charge in [0.25, 0.3) is 0 Å². The lowest BCUT2D eigenvalue weighted by Gasteiger charge is -1.96. The molecular formula is C16H15Cl2N3O. The molecule has 0 radical (unpaired) electrons. The zero-order valence-electron chi connectivity index (χ0n) is 11.7. The van der Waals surface area contributed by atoms with Gasteiger partial charge in [0.05, 0.1) is 11.2 Å². The maximum absolute atomic E-state index is 11.6. The van der Waals surface area contributed by atoms with E-state index in [0.717, 1.165) is 5.56 Å². The first-order valence-electron chi connectivity index (χ1n) is 6.42. The second-order valence-corrected chi connectivity index (χ2v) is 4.72. The molecule has 0 aliphatic heterocycles. The number of aromatic nitrogens is 1. The van der Waals surface area contributed by atoms with Crippen molar-refractivity contribution in [3.63, 3.8) is 0 Å². The van der Waals surface area contributed by atoms with E-state index in [0.29, 0.717) is 5.03 Å². The molecule has 0 saturated heterocycles. The molecule has 1 N–H and O–H groups in total. The number of carbonyl (C=O) groups excluding carboxylic acids is 1. The predicted molar refractivity (Wildman–Crippen MR) is 83.5 cm³/mol. The molecule has 2 aromatic rings. The molecule has 0 aliphatic carbocycles. The molecule has 1 heterocycles. The van der Waals surface area contributed by atoms with Crippen molar-refractivity contribution in [3.05, 3.63) is 71.5 Å². The lowest BCUT2D eigenvalue weighted by Crippen LogP contribution is -3.00. The summed E-state index contributed by atoms with van der Waals surface area (Å²) in [6.45, 7) is 0.207. The van der Waals surface area contributed by atoms with E-state index >= 15 is 0 Å². The molecule has 0 aliphatic rings. The summed E-state index contributed by atoms with van der Waals surface area (Å²) < 4.78 is 1.76. The third kappa shape index (κ3) is 6.52. The van der Waals surface area contributed by atoms with E-state index in [4.69, 9.17) is 11.6 Å². The van der Waals surface area contributed by atoms with Crippen LogP contribution in [0.4, 0.5) is 0 Å². The summed E-state index contributed by atoms with van der Waals surface area (Å²) in [5.74, 6) is -0.216. The number of benzene rings is 1. The highest BCUT2D eigenvalue weighted by atomic mass is 35.5. The van der Waals surface area contributed by atoms with Crippen molar-refractivity contribution in [2.45, 2.75) is 6.54 Å². The average Bonchev–Trinajstić information content (AvgIpc) is 2.49. The fraction of sp³-hybridized carbons (Fsp3) is 0.0625. The highest BCUT2D eigenvalue weighted by molar-refractivity contribution is 6.41. The number of nitrogens with zero attached hydrogens (tertiary/aromatic N) is 2. The van der Waals surface area contributed by atoms with E-state index in [1.54, 1.807) is 10.6 Å². The van der Waals surface area contributed by atoms with Gasteiger partial charge in [0.1, 0.15) is 0 Å². The Balaban J connectivity index is 0.00000242. The number of hydrogen-bond acceptors (Lipinski definition) is 2. The Morgan fingerprint density at radius 1 is 1.14 bits per heavy atom. The lowest BCUT2D eigenvalue weighted by atomic mass is 10.2. The van der Waals surface area contributed by atoms with Gasteiger partial charge in [-0.25, -0.2) is 5.43 Å². The molecule has 22 heavy (non-hydrogen) atoms. The van der Waals surface area contributed by atoms with Gasteiger partial charge in [0.15, 0.2) is 12.4 Å². The summed E-state index contributed by atoms with van der Waals surface area (Å²) >= 11 is 6.01. The first kappa shape index (κ1) is 17.9. The Morgan fingerprint density at radius 3 is 2.45 bits per heavy atom. The minimum atomic E-state index is -0.216. The Kier molecular flexibility index (Phi) is 7.89. The number of hydrogen-bond donors (Lipinski definition) is 1. The molecule has 0 atom stereocenters. The summed E-state index contributed by atoms with van der Waals surface area (Å²) in [6.07, 6.45) is 6.79. The average molecular weight is 336 g/mol. The van der Waals surface area contributed by atoms with Gasteiger partial charge < -0.3 is 12.4 Å². The molecule has 0 spiro atoms. The van der Waals surface area contributed by atoms with Gasteiger partial charge in [0.2, 0.25) is 6.54 Å². The van der Waals surface area contributed by atoms with Crippen molar-refractivity contribution in [3.8, 4) is 0 Å². The molecule has 1 aromatic heterocycles. The summed E-state index contributed by atoms with van der Waals surface area (Å²) in [5, 5.41) is 4.26. The molecule has 4 nitrogen and oxygen atoms in total.